The molecule has 2 rings (SSSR count). The van der Waals surface area contributed by atoms with E-state index in [0.29, 0.717) is 17.3 Å². The molecule has 0 bridgehead atoms. The van der Waals surface area contributed by atoms with Crippen molar-refractivity contribution in [2.45, 2.75) is 26.7 Å². The summed E-state index contributed by atoms with van der Waals surface area (Å²) in [7, 11) is 0. The monoisotopic (exact) mass is 232 g/mol. The van der Waals surface area contributed by atoms with Gasteiger partial charge in [0.05, 0.1) is 0 Å². The average molecular weight is 232 g/mol. The van der Waals surface area contributed by atoms with Crippen LogP contribution in [0.2, 0.25) is 0 Å². The summed E-state index contributed by atoms with van der Waals surface area (Å²) in [5.74, 6) is 1.09. The summed E-state index contributed by atoms with van der Waals surface area (Å²) in [4.78, 5) is 10.9. The molecule has 3 heteroatoms. The summed E-state index contributed by atoms with van der Waals surface area (Å²) in [6, 6.07) is 8.10. The van der Waals surface area contributed by atoms with Gasteiger partial charge in [-0.2, -0.15) is 0 Å². The number of hydrogen-bond donors (Lipinski definition) is 2. The van der Waals surface area contributed by atoms with Crippen molar-refractivity contribution in [2.24, 2.45) is 17.1 Å². The number of amides is 1. The van der Waals surface area contributed by atoms with Gasteiger partial charge in [0.1, 0.15) is 0 Å². The van der Waals surface area contributed by atoms with Crippen molar-refractivity contribution < 1.29 is 4.79 Å². The summed E-state index contributed by atoms with van der Waals surface area (Å²) in [5.41, 5.74) is 8.26. The molecule has 1 fully saturated rings. The van der Waals surface area contributed by atoms with Gasteiger partial charge < -0.3 is 11.1 Å². The van der Waals surface area contributed by atoms with Crippen LogP contribution in [0.25, 0.3) is 0 Å². The molecule has 0 spiro atoms. The first-order valence-electron chi connectivity index (χ1n) is 6.04. The number of nitrogens with two attached hydrogens (primary N) is 1. The van der Waals surface area contributed by atoms with Crippen LogP contribution < -0.4 is 11.1 Å². The third-order valence-electron chi connectivity index (χ3n) is 3.89. The zero-order chi connectivity index (χ0) is 12.6. The van der Waals surface area contributed by atoms with E-state index in [4.69, 9.17) is 5.73 Å². The number of carbonyl (C=O) groups is 1. The first-order valence-corrected chi connectivity index (χ1v) is 6.04. The Morgan fingerprint density at radius 3 is 2.35 bits per heavy atom. The second kappa shape index (κ2) is 4.15. The molecule has 2 atom stereocenters. The van der Waals surface area contributed by atoms with Gasteiger partial charge in [0.15, 0.2) is 0 Å². The molecule has 1 aromatic rings. The van der Waals surface area contributed by atoms with E-state index in [2.05, 4.69) is 31.3 Å². The van der Waals surface area contributed by atoms with Crippen LogP contribution in [-0.4, -0.2) is 12.5 Å². The lowest BCUT2D eigenvalue weighted by Gasteiger charge is -2.05. The number of anilines is 1. The smallest absolute Gasteiger partial charge is 0.221 e. The van der Waals surface area contributed by atoms with E-state index < -0.39 is 0 Å². The fourth-order valence-corrected chi connectivity index (χ4v) is 2.82. The van der Waals surface area contributed by atoms with E-state index >= 15 is 0 Å². The van der Waals surface area contributed by atoms with Crippen molar-refractivity contribution in [3.8, 4) is 0 Å². The Balaban J connectivity index is 2.12. The molecule has 1 amide bonds. The van der Waals surface area contributed by atoms with Crippen LogP contribution >= 0.6 is 0 Å². The minimum absolute atomic E-state index is 0.0377. The van der Waals surface area contributed by atoms with Crippen LogP contribution in [0.5, 0.6) is 0 Å². The molecule has 1 saturated carbocycles. The number of benzene rings is 1. The maximum Gasteiger partial charge on any atom is 0.221 e. The molecule has 0 radical (unpaired) electrons. The molecule has 17 heavy (non-hydrogen) atoms. The number of hydrogen-bond acceptors (Lipinski definition) is 2. The van der Waals surface area contributed by atoms with Gasteiger partial charge in [-0.25, -0.2) is 0 Å². The first-order chi connectivity index (χ1) is 7.96. The molecule has 0 aromatic heterocycles. The van der Waals surface area contributed by atoms with Gasteiger partial charge in [0.2, 0.25) is 5.91 Å². The molecular weight excluding hydrogens is 212 g/mol. The van der Waals surface area contributed by atoms with Gasteiger partial charge in [-0.3, -0.25) is 4.79 Å². The predicted molar refractivity (Wildman–Crippen MR) is 69.8 cm³/mol. The molecular formula is C14H20N2O. The molecule has 0 heterocycles. The zero-order valence-electron chi connectivity index (χ0n) is 10.7. The average Bonchev–Trinajstić information content (AvgIpc) is 2.81. The standard InChI is InChI=1S/C14H20N2O/c1-9(17)16-11-6-4-10(5-7-11)13-12(8-15)14(13,2)3/h4-7,12-13H,8,15H2,1-3H3,(H,16,17). The van der Waals surface area contributed by atoms with E-state index in [9.17, 15) is 4.79 Å². The van der Waals surface area contributed by atoms with Crippen molar-refractivity contribution in [1.29, 1.82) is 0 Å². The molecule has 1 aliphatic rings. The Morgan fingerprint density at radius 2 is 1.94 bits per heavy atom. The second-order valence-corrected chi connectivity index (χ2v) is 5.44. The summed E-state index contributed by atoms with van der Waals surface area (Å²) in [5, 5.41) is 2.77. The zero-order valence-corrected chi connectivity index (χ0v) is 10.7. The lowest BCUT2D eigenvalue weighted by Crippen LogP contribution is -2.05. The molecule has 0 aliphatic heterocycles. The van der Waals surface area contributed by atoms with Gasteiger partial charge in [-0.05, 0) is 41.5 Å². The first kappa shape index (κ1) is 12.1. The Kier molecular flexibility index (Phi) is 2.96. The summed E-state index contributed by atoms with van der Waals surface area (Å²) in [6.45, 7) is 6.78. The van der Waals surface area contributed by atoms with Crippen LogP contribution in [0, 0.1) is 11.3 Å². The predicted octanol–water partition coefficient (Wildman–Crippen LogP) is 2.34. The maximum absolute atomic E-state index is 10.9. The topological polar surface area (TPSA) is 55.1 Å². The highest BCUT2D eigenvalue weighted by molar-refractivity contribution is 5.88. The van der Waals surface area contributed by atoms with Crippen LogP contribution in [0.15, 0.2) is 24.3 Å². The van der Waals surface area contributed by atoms with Crippen LogP contribution in [-0.2, 0) is 4.79 Å². The summed E-state index contributed by atoms with van der Waals surface area (Å²) < 4.78 is 0. The van der Waals surface area contributed by atoms with Gasteiger partial charge in [-0.1, -0.05) is 26.0 Å². The summed E-state index contributed by atoms with van der Waals surface area (Å²) >= 11 is 0. The van der Waals surface area contributed by atoms with E-state index in [-0.39, 0.29) is 5.91 Å². The van der Waals surface area contributed by atoms with Crippen LogP contribution in [0.1, 0.15) is 32.3 Å². The van der Waals surface area contributed by atoms with Gasteiger partial charge in [0, 0.05) is 12.6 Å². The van der Waals surface area contributed by atoms with Gasteiger partial charge in [-0.15, -0.1) is 0 Å². The normalized spacial score (nSPS) is 25.4. The Hall–Kier alpha value is -1.35. The van der Waals surface area contributed by atoms with Crippen molar-refractivity contribution in [3.63, 3.8) is 0 Å². The van der Waals surface area contributed by atoms with Crippen LogP contribution in [0.4, 0.5) is 5.69 Å². The molecule has 1 aliphatic carbocycles. The van der Waals surface area contributed by atoms with Crippen molar-refractivity contribution in [1.82, 2.24) is 0 Å². The Bertz CT molecular complexity index is 422. The van der Waals surface area contributed by atoms with Gasteiger partial charge in [0.25, 0.3) is 0 Å². The van der Waals surface area contributed by atoms with E-state index in [1.807, 2.05) is 12.1 Å². The van der Waals surface area contributed by atoms with Gasteiger partial charge >= 0.3 is 0 Å². The number of nitrogens with one attached hydrogen (secondary N) is 1. The largest absolute Gasteiger partial charge is 0.330 e. The minimum atomic E-state index is -0.0377. The highest BCUT2D eigenvalue weighted by atomic mass is 16.1. The van der Waals surface area contributed by atoms with E-state index in [0.717, 1.165) is 12.2 Å². The third-order valence-corrected chi connectivity index (χ3v) is 3.89. The minimum Gasteiger partial charge on any atom is -0.330 e. The van der Waals surface area contributed by atoms with E-state index in [1.165, 1.54) is 12.5 Å². The number of rotatable bonds is 3. The Labute approximate surface area is 102 Å². The van der Waals surface area contributed by atoms with E-state index in [1.54, 1.807) is 0 Å². The molecule has 3 nitrogen and oxygen atoms in total. The van der Waals surface area contributed by atoms with Crippen molar-refractivity contribution in [2.75, 3.05) is 11.9 Å². The molecule has 0 saturated heterocycles. The van der Waals surface area contributed by atoms with Crippen molar-refractivity contribution >= 4 is 11.6 Å². The van der Waals surface area contributed by atoms with Crippen LogP contribution in [0.3, 0.4) is 0 Å². The maximum atomic E-state index is 10.9. The lowest BCUT2D eigenvalue weighted by molar-refractivity contribution is -0.114. The van der Waals surface area contributed by atoms with Crippen molar-refractivity contribution in [3.05, 3.63) is 29.8 Å². The fraction of sp³-hybridized carbons (Fsp3) is 0.500. The fourth-order valence-electron chi connectivity index (χ4n) is 2.82. The molecule has 92 valence electrons. The molecule has 2 unspecified atom stereocenters. The quantitative estimate of drug-likeness (QED) is 0.840. The molecule has 1 aromatic carbocycles. The number of carbonyl (C=O) groups excluding carboxylic acids is 1. The Morgan fingerprint density at radius 1 is 1.35 bits per heavy atom. The third kappa shape index (κ3) is 2.20. The summed E-state index contributed by atoms with van der Waals surface area (Å²) in [6.07, 6.45) is 0. The highest BCUT2D eigenvalue weighted by Crippen LogP contribution is 2.63. The second-order valence-electron chi connectivity index (χ2n) is 5.44. The SMILES string of the molecule is CC(=O)Nc1ccc(C2C(CN)C2(C)C)cc1. The lowest BCUT2D eigenvalue weighted by atomic mass is 10.0. The highest BCUT2D eigenvalue weighted by Gasteiger charge is 2.56. The molecule has 3 N–H and O–H groups in total.